The fourth-order valence-corrected chi connectivity index (χ4v) is 1.16. The highest BCUT2D eigenvalue weighted by Gasteiger charge is 2.10. The van der Waals surface area contributed by atoms with Gasteiger partial charge in [0.15, 0.2) is 0 Å². The van der Waals surface area contributed by atoms with E-state index in [4.69, 9.17) is 0 Å². The van der Waals surface area contributed by atoms with Crippen molar-refractivity contribution in [3.8, 4) is 0 Å². The van der Waals surface area contributed by atoms with Gasteiger partial charge in [-0.15, -0.1) is 0 Å². The average molecular weight is 208 g/mol. The lowest BCUT2D eigenvalue weighted by molar-refractivity contribution is 0.0947. The van der Waals surface area contributed by atoms with Crippen molar-refractivity contribution in [2.45, 2.75) is 13.8 Å². The third-order valence-corrected chi connectivity index (χ3v) is 2.04. The third-order valence-electron chi connectivity index (χ3n) is 2.04. The molecule has 0 bridgehead atoms. The summed E-state index contributed by atoms with van der Waals surface area (Å²) in [4.78, 5) is 23.2. The van der Waals surface area contributed by atoms with Gasteiger partial charge in [-0.25, -0.2) is 0 Å². The summed E-state index contributed by atoms with van der Waals surface area (Å²) in [5.74, 6) is 0.0754. The zero-order chi connectivity index (χ0) is 11.4. The van der Waals surface area contributed by atoms with Gasteiger partial charge in [-0.2, -0.15) is 0 Å². The summed E-state index contributed by atoms with van der Waals surface area (Å²) in [6.45, 7) is 4.59. The van der Waals surface area contributed by atoms with Crippen molar-refractivity contribution < 1.29 is 4.79 Å². The monoisotopic (exact) mass is 208 g/mol. The number of carbonyl (C=O) groups is 1. The summed E-state index contributed by atoms with van der Waals surface area (Å²) in [6, 6.07) is 3.23. The Morgan fingerprint density at radius 2 is 2.20 bits per heavy atom. The first-order chi connectivity index (χ1) is 7.02. The Balaban J connectivity index is 2.83. The molecular formula is C11H16N2O2. The molecular weight excluding hydrogens is 192 g/mol. The van der Waals surface area contributed by atoms with Crippen molar-refractivity contribution in [2.24, 2.45) is 13.0 Å². The van der Waals surface area contributed by atoms with Gasteiger partial charge in [0.25, 0.3) is 11.5 Å². The van der Waals surface area contributed by atoms with Crippen LogP contribution in [0.4, 0.5) is 0 Å². The maximum Gasteiger partial charge on any atom is 0.263 e. The number of aromatic nitrogens is 1. The van der Waals surface area contributed by atoms with Gasteiger partial charge >= 0.3 is 0 Å². The lowest BCUT2D eigenvalue weighted by atomic mass is 10.2. The van der Waals surface area contributed by atoms with E-state index < -0.39 is 0 Å². The fourth-order valence-electron chi connectivity index (χ4n) is 1.16. The largest absolute Gasteiger partial charge is 0.352 e. The highest BCUT2D eigenvalue weighted by Crippen LogP contribution is 1.93. The first-order valence-corrected chi connectivity index (χ1v) is 4.96. The minimum atomic E-state index is -0.301. The maximum absolute atomic E-state index is 11.6. The first-order valence-electron chi connectivity index (χ1n) is 4.96. The van der Waals surface area contributed by atoms with Crippen LogP contribution in [0, 0.1) is 5.92 Å². The Bertz CT molecular complexity index is 407. The lowest BCUT2D eigenvalue weighted by Crippen LogP contribution is -2.33. The molecule has 0 unspecified atom stereocenters. The predicted molar refractivity (Wildman–Crippen MR) is 58.9 cm³/mol. The summed E-state index contributed by atoms with van der Waals surface area (Å²) in [6.07, 6.45) is 1.63. The molecule has 1 amide bonds. The maximum atomic E-state index is 11.6. The first kappa shape index (κ1) is 11.5. The zero-order valence-electron chi connectivity index (χ0n) is 9.28. The SMILES string of the molecule is CC(C)CNC(=O)c1cccn(C)c1=O. The molecule has 1 aromatic heterocycles. The lowest BCUT2D eigenvalue weighted by Gasteiger charge is -2.07. The second kappa shape index (κ2) is 4.77. The summed E-state index contributed by atoms with van der Waals surface area (Å²) in [7, 11) is 1.63. The summed E-state index contributed by atoms with van der Waals surface area (Å²) in [5.41, 5.74) is -0.0700. The summed E-state index contributed by atoms with van der Waals surface area (Å²) in [5, 5.41) is 2.71. The Morgan fingerprint density at radius 3 is 2.80 bits per heavy atom. The van der Waals surface area contributed by atoms with Gasteiger partial charge in [-0.3, -0.25) is 9.59 Å². The molecule has 82 valence electrons. The number of hydrogen-bond acceptors (Lipinski definition) is 2. The van der Waals surface area contributed by atoms with Crippen LogP contribution >= 0.6 is 0 Å². The van der Waals surface area contributed by atoms with Crippen molar-refractivity contribution in [1.29, 1.82) is 0 Å². The molecule has 0 aliphatic heterocycles. The fraction of sp³-hybridized carbons (Fsp3) is 0.455. The van der Waals surface area contributed by atoms with Crippen molar-refractivity contribution >= 4 is 5.91 Å². The van der Waals surface area contributed by atoms with E-state index in [2.05, 4.69) is 5.32 Å². The van der Waals surface area contributed by atoms with Crippen molar-refractivity contribution in [3.05, 3.63) is 34.2 Å². The van der Waals surface area contributed by atoms with E-state index in [0.717, 1.165) is 0 Å². The van der Waals surface area contributed by atoms with Crippen LogP contribution in [0.2, 0.25) is 0 Å². The number of nitrogens with one attached hydrogen (secondary N) is 1. The average Bonchev–Trinajstić information content (AvgIpc) is 2.18. The van der Waals surface area contributed by atoms with Crippen molar-refractivity contribution in [2.75, 3.05) is 6.54 Å². The quantitative estimate of drug-likeness (QED) is 0.797. The molecule has 0 spiro atoms. The molecule has 0 aliphatic carbocycles. The van der Waals surface area contributed by atoms with Gasteiger partial charge in [0.2, 0.25) is 0 Å². The molecule has 1 aromatic rings. The van der Waals surface area contributed by atoms with Crippen LogP contribution in [0.25, 0.3) is 0 Å². The van der Waals surface area contributed by atoms with Gasteiger partial charge in [-0.1, -0.05) is 13.8 Å². The van der Waals surface area contributed by atoms with Crippen LogP contribution in [0.5, 0.6) is 0 Å². The minimum absolute atomic E-state index is 0.195. The third kappa shape index (κ3) is 2.94. The smallest absolute Gasteiger partial charge is 0.263 e. The molecule has 0 aromatic carbocycles. The van der Waals surface area contributed by atoms with Gasteiger partial charge in [0.05, 0.1) is 0 Å². The summed E-state index contributed by atoms with van der Waals surface area (Å²) >= 11 is 0. The number of pyridine rings is 1. The van der Waals surface area contributed by atoms with Crippen LogP contribution in [0.3, 0.4) is 0 Å². The highest BCUT2D eigenvalue weighted by molar-refractivity contribution is 5.93. The van der Waals surface area contributed by atoms with Crippen LogP contribution in [0.15, 0.2) is 23.1 Å². The molecule has 1 rings (SSSR count). The minimum Gasteiger partial charge on any atom is -0.352 e. The predicted octanol–water partition coefficient (Wildman–Crippen LogP) is 0.771. The molecule has 1 heterocycles. The Labute approximate surface area is 88.9 Å². The van der Waals surface area contributed by atoms with E-state index in [-0.39, 0.29) is 17.0 Å². The zero-order valence-corrected chi connectivity index (χ0v) is 9.28. The number of hydrogen-bond donors (Lipinski definition) is 1. The van der Waals surface area contributed by atoms with E-state index in [1.807, 2.05) is 13.8 Å². The van der Waals surface area contributed by atoms with Crippen LogP contribution in [-0.4, -0.2) is 17.0 Å². The number of amides is 1. The number of aryl methyl sites for hydroxylation is 1. The molecule has 15 heavy (non-hydrogen) atoms. The second-order valence-electron chi connectivity index (χ2n) is 3.94. The Kier molecular flexibility index (Phi) is 3.66. The van der Waals surface area contributed by atoms with Crippen LogP contribution in [0.1, 0.15) is 24.2 Å². The molecule has 0 fully saturated rings. The van der Waals surface area contributed by atoms with Gasteiger partial charge in [0.1, 0.15) is 5.56 Å². The highest BCUT2D eigenvalue weighted by atomic mass is 16.2. The molecule has 0 saturated carbocycles. The molecule has 0 aliphatic rings. The second-order valence-corrected chi connectivity index (χ2v) is 3.94. The molecule has 4 heteroatoms. The molecule has 0 radical (unpaired) electrons. The Morgan fingerprint density at radius 1 is 1.53 bits per heavy atom. The van der Waals surface area contributed by atoms with E-state index >= 15 is 0 Å². The Hall–Kier alpha value is -1.58. The molecule has 4 nitrogen and oxygen atoms in total. The summed E-state index contributed by atoms with van der Waals surface area (Å²) < 4.78 is 1.39. The van der Waals surface area contributed by atoms with Crippen LogP contribution in [-0.2, 0) is 7.05 Å². The molecule has 1 N–H and O–H groups in total. The molecule has 0 saturated heterocycles. The van der Waals surface area contributed by atoms with Crippen molar-refractivity contribution in [1.82, 2.24) is 9.88 Å². The van der Waals surface area contributed by atoms with E-state index in [1.165, 1.54) is 10.6 Å². The van der Waals surface area contributed by atoms with Gasteiger partial charge in [-0.05, 0) is 18.1 Å². The molecule has 0 atom stereocenters. The van der Waals surface area contributed by atoms with E-state index in [0.29, 0.717) is 12.5 Å². The van der Waals surface area contributed by atoms with Crippen molar-refractivity contribution in [3.63, 3.8) is 0 Å². The number of rotatable bonds is 3. The number of carbonyl (C=O) groups excluding carboxylic acids is 1. The topological polar surface area (TPSA) is 51.1 Å². The number of nitrogens with zero attached hydrogens (tertiary/aromatic N) is 1. The van der Waals surface area contributed by atoms with E-state index in [9.17, 15) is 9.59 Å². The van der Waals surface area contributed by atoms with Gasteiger partial charge in [0, 0.05) is 19.8 Å². The van der Waals surface area contributed by atoms with Gasteiger partial charge < -0.3 is 9.88 Å². The normalized spacial score (nSPS) is 10.4. The van der Waals surface area contributed by atoms with E-state index in [1.54, 1.807) is 19.3 Å². The standard InChI is InChI=1S/C11H16N2O2/c1-8(2)7-12-10(14)9-5-4-6-13(3)11(9)15/h4-6,8H,7H2,1-3H3,(H,12,14). The van der Waals surface area contributed by atoms with Crippen LogP contribution < -0.4 is 10.9 Å².